The Morgan fingerprint density at radius 3 is 2.62 bits per heavy atom. The number of hydrogen-bond acceptors (Lipinski definition) is 6. The zero-order chi connectivity index (χ0) is 16.0. The Labute approximate surface area is 121 Å². The molecular formula is C13H16N2O6. The first-order valence-corrected chi connectivity index (χ1v) is 6.24. The van der Waals surface area contributed by atoms with Crippen LogP contribution in [0.3, 0.4) is 0 Å². The second kappa shape index (κ2) is 7.22. The molecule has 0 bridgehead atoms. The zero-order valence-corrected chi connectivity index (χ0v) is 11.9. The van der Waals surface area contributed by atoms with Crippen molar-refractivity contribution in [2.45, 2.75) is 26.9 Å². The van der Waals surface area contributed by atoms with Gasteiger partial charge in [0.05, 0.1) is 17.2 Å². The van der Waals surface area contributed by atoms with Crippen LogP contribution in [0.2, 0.25) is 0 Å². The molecule has 0 radical (unpaired) electrons. The molecule has 1 aromatic rings. The molecule has 8 heteroatoms. The molecule has 1 atom stereocenters. The first-order valence-electron chi connectivity index (χ1n) is 6.24. The Bertz CT molecular complexity index is 558. The minimum Gasteiger partial charge on any atom is -0.477 e. The molecule has 1 rings (SSSR count). The van der Waals surface area contributed by atoms with Gasteiger partial charge >= 0.3 is 5.97 Å². The maximum Gasteiger partial charge on any atom is 0.347 e. The molecule has 114 valence electrons. The number of nitrogens with zero attached hydrogens (tertiary/aromatic N) is 1. The average Bonchev–Trinajstić information content (AvgIpc) is 2.40. The standard InChI is InChI=1S/C13H16N2O6/c1-4-20-13(17)8(2)21-12-6-5-10(15(18)19)7-11(12)14-9(3)16/h5-8H,4H2,1-3H3,(H,14,16)/t8-/m0/s1. The summed E-state index contributed by atoms with van der Waals surface area (Å²) < 4.78 is 10.2. The number of carbonyl (C=O) groups is 2. The predicted molar refractivity (Wildman–Crippen MR) is 74.1 cm³/mol. The van der Waals surface area contributed by atoms with Crippen LogP contribution < -0.4 is 10.1 Å². The van der Waals surface area contributed by atoms with E-state index in [1.165, 1.54) is 26.0 Å². The number of ether oxygens (including phenoxy) is 2. The number of rotatable bonds is 6. The fourth-order valence-corrected chi connectivity index (χ4v) is 1.52. The molecule has 0 fully saturated rings. The van der Waals surface area contributed by atoms with Gasteiger partial charge in [-0.25, -0.2) is 4.79 Å². The van der Waals surface area contributed by atoms with Crippen molar-refractivity contribution in [3.05, 3.63) is 28.3 Å². The molecule has 0 aromatic heterocycles. The quantitative estimate of drug-likeness (QED) is 0.488. The van der Waals surface area contributed by atoms with Crippen molar-refractivity contribution >= 4 is 23.3 Å². The summed E-state index contributed by atoms with van der Waals surface area (Å²) in [6, 6.07) is 3.70. The summed E-state index contributed by atoms with van der Waals surface area (Å²) in [5.74, 6) is -0.829. The summed E-state index contributed by atoms with van der Waals surface area (Å²) in [7, 11) is 0. The fraction of sp³-hybridized carbons (Fsp3) is 0.385. The highest BCUT2D eigenvalue weighted by Gasteiger charge is 2.19. The number of non-ortho nitro benzene ring substituents is 1. The number of hydrogen-bond donors (Lipinski definition) is 1. The molecule has 0 spiro atoms. The van der Waals surface area contributed by atoms with Crippen molar-refractivity contribution in [1.82, 2.24) is 0 Å². The normalized spacial score (nSPS) is 11.4. The fourth-order valence-electron chi connectivity index (χ4n) is 1.52. The van der Waals surface area contributed by atoms with Gasteiger partial charge in [-0.1, -0.05) is 0 Å². The molecule has 1 aromatic carbocycles. The van der Waals surface area contributed by atoms with E-state index in [9.17, 15) is 19.7 Å². The number of nitro groups is 1. The summed E-state index contributed by atoms with van der Waals surface area (Å²) in [6.45, 7) is 4.62. The van der Waals surface area contributed by atoms with Crippen molar-refractivity contribution in [3.8, 4) is 5.75 Å². The lowest BCUT2D eigenvalue weighted by Gasteiger charge is -2.16. The van der Waals surface area contributed by atoms with Gasteiger partial charge in [-0.05, 0) is 19.9 Å². The van der Waals surface area contributed by atoms with Crippen LogP contribution in [0.1, 0.15) is 20.8 Å². The van der Waals surface area contributed by atoms with Gasteiger partial charge in [0.15, 0.2) is 6.10 Å². The van der Waals surface area contributed by atoms with Crippen LogP contribution in [-0.2, 0) is 14.3 Å². The first kappa shape index (κ1) is 16.4. The van der Waals surface area contributed by atoms with Crippen molar-refractivity contribution in [3.63, 3.8) is 0 Å². The maximum absolute atomic E-state index is 11.5. The summed E-state index contributed by atoms with van der Waals surface area (Å²) in [5.41, 5.74) is -0.0808. The van der Waals surface area contributed by atoms with E-state index >= 15 is 0 Å². The summed E-state index contributed by atoms with van der Waals surface area (Å²) in [6.07, 6.45) is -0.904. The highest BCUT2D eigenvalue weighted by atomic mass is 16.6. The maximum atomic E-state index is 11.5. The molecule has 0 unspecified atom stereocenters. The number of amides is 1. The number of nitro benzene ring substituents is 1. The molecule has 21 heavy (non-hydrogen) atoms. The highest BCUT2D eigenvalue weighted by Crippen LogP contribution is 2.30. The summed E-state index contributed by atoms with van der Waals surface area (Å²) in [4.78, 5) is 32.8. The second-order valence-corrected chi connectivity index (χ2v) is 4.13. The number of esters is 1. The monoisotopic (exact) mass is 296 g/mol. The zero-order valence-electron chi connectivity index (χ0n) is 11.9. The third kappa shape index (κ3) is 4.75. The lowest BCUT2D eigenvalue weighted by molar-refractivity contribution is -0.384. The molecule has 8 nitrogen and oxygen atoms in total. The van der Waals surface area contributed by atoms with E-state index in [-0.39, 0.29) is 23.7 Å². The molecule has 0 aliphatic carbocycles. The smallest absolute Gasteiger partial charge is 0.347 e. The Balaban J connectivity index is 3.02. The molecular weight excluding hydrogens is 280 g/mol. The van der Waals surface area contributed by atoms with Crippen LogP contribution >= 0.6 is 0 Å². The molecule has 1 amide bonds. The van der Waals surface area contributed by atoms with Gasteiger partial charge in [0, 0.05) is 19.1 Å². The van der Waals surface area contributed by atoms with E-state index < -0.39 is 22.9 Å². The minimum atomic E-state index is -0.904. The van der Waals surface area contributed by atoms with E-state index in [2.05, 4.69) is 5.32 Å². The largest absolute Gasteiger partial charge is 0.477 e. The third-order valence-corrected chi connectivity index (χ3v) is 2.41. The second-order valence-electron chi connectivity index (χ2n) is 4.13. The van der Waals surface area contributed by atoms with Crippen LogP contribution in [0.4, 0.5) is 11.4 Å². The number of carbonyl (C=O) groups excluding carboxylic acids is 2. The molecule has 0 saturated carbocycles. The molecule has 0 heterocycles. The van der Waals surface area contributed by atoms with Gasteiger partial charge in [0.1, 0.15) is 5.75 Å². The van der Waals surface area contributed by atoms with Gasteiger partial charge in [-0.15, -0.1) is 0 Å². The number of benzene rings is 1. The van der Waals surface area contributed by atoms with Crippen LogP contribution in [0.25, 0.3) is 0 Å². The van der Waals surface area contributed by atoms with Gasteiger partial charge < -0.3 is 14.8 Å². The van der Waals surface area contributed by atoms with E-state index in [4.69, 9.17) is 9.47 Å². The van der Waals surface area contributed by atoms with Crippen molar-refractivity contribution < 1.29 is 24.0 Å². The van der Waals surface area contributed by atoms with Gasteiger partial charge in [-0.2, -0.15) is 0 Å². The minimum absolute atomic E-state index is 0.118. The van der Waals surface area contributed by atoms with Gasteiger partial charge in [-0.3, -0.25) is 14.9 Å². The van der Waals surface area contributed by atoms with Crippen LogP contribution in [0.5, 0.6) is 5.75 Å². The third-order valence-electron chi connectivity index (χ3n) is 2.41. The van der Waals surface area contributed by atoms with Crippen LogP contribution in [0.15, 0.2) is 18.2 Å². The van der Waals surface area contributed by atoms with Crippen LogP contribution in [0, 0.1) is 10.1 Å². The van der Waals surface area contributed by atoms with Crippen molar-refractivity contribution in [1.29, 1.82) is 0 Å². The first-order chi connectivity index (χ1) is 9.85. The predicted octanol–water partition coefficient (Wildman–Crippen LogP) is 1.88. The Morgan fingerprint density at radius 1 is 1.43 bits per heavy atom. The van der Waals surface area contributed by atoms with Crippen LogP contribution in [-0.4, -0.2) is 29.5 Å². The van der Waals surface area contributed by atoms with Crippen molar-refractivity contribution in [2.24, 2.45) is 0 Å². The van der Waals surface area contributed by atoms with E-state index in [0.29, 0.717) is 0 Å². The lowest BCUT2D eigenvalue weighted by atomic mass is 10.2. The Kier molecular flexibility index (Phi) is 5.65. The van der Waals surface area contributed by atoms with Crippen molar-refractivity contribution in [2.75, 3.05) is 11.9 Å². The molecule has 0 saturated heterocycles. The van der Waals surface area contributed by atoms with Gasteiger partial charge in [0.25, 0.3) is 5.69 Å². The lowest BCUT2D eigenvalue weighted by Crippen LogP contribution is -2.26. The topological polar surface area (TPSA) is 108 Å². The van der Waals surface area contributed by atoms with E-state index in [1.54, 1.807) is 6.92 Å². The molecule has 0 aliphatic rings. The average molecular weight is 296 g/mol. The number of anilines is 1. The number of nitrogens with one attached hydrogen (secondary N) is 1. The van der Waals surface area contributed by atoms with E-state index in [1.807, 2.05) is 0 Å². The molecule has 1 N–H and O–H groups in total. The summed E-state index contributed by atoms with van der Waals surface area (Å²) in [5, 5.41) is 13.2. The SMILES string of the molecule is CCOC(=O)[C@H](C)Oc1ccc([N+](=O)[O-])cc1NC(C)=O. The highest BCUT2D eigenvalue weighted by molar-refractivity contribution is 5.91. The Morgan fingerprint density at radius 2 is 2.10 bits per heavy atom. The Hall–Kier alpha value is -2.64. The molecule has 0 aliphatic heterocycles. The van der Waals surface area contributed by atoms with Gasteiger partial charge in [0.2, 0.25) is 5.91 Å². The van der Waals surface area contributed by atoms with E-state index in [0.717, 1.165) is 6.07 Å². The summed E-state index contributed by atoms with van der Waals surface area (Å²) >= 11 is 0.